The maximum absolute atomic E-state index is 13.0. The van der Waals surface area contributed by atoms with Crippen molar-refractivity contribution in [2.75, 3.05) is 20.6 Å². The lowest BCUT2D eigenvalue weighted by molar-refractivity contribution is -0.124. The molecule has 0 saturated carbocycles. The van der Waals surface area contributed by atoms with Crippen molar-refractivity contribution in [3.8, 4) is 0 Å². The topological polar surface area (TPSA) is 33.5 Å². The maximum atomic E-state index is 13.0. The van der Waals surface area contributed by atoms with E-state index in [2.05, 4.69) is 4.90 Å². The van der Waals surface area contributed by atoms with Gasteiger partial charge in [-0.15, -0.1) is 0 Å². The van der Waals surface area contributed by atoms with Gasteiger partial charge in [-0.25, -0.2) is 0 Å². The van der Waals surface area contributed by atoms with Crippen molar-refractivity contribution in [3.05, 3.63) is 59.0 Å². The lowest BCUT2D eigenvalue weighted by Gasteiger charge is -2.33. The minimum Gasteiger partial charge on any atom is -0.469 e. The number of nitrogens with zero attached hydrogens (tertiary/aromatic N) is 1. The number of rotatable bonds is 8. The Bertz CT molecular complexity index is 619. The fourth-order valence-corrected chi connectivity index (χ4v) is 3.09. The van der Waals surface area contributed by atoms with Crippen molar-refractivity contribution < 1.29 is 9.21 Å². The number of benzene rings is 1. The predicted molar refractivity (Wildman–Crippen MR) is 94.0 cm³/mol. The zero-order valence-corrected chi connectivity index (χ0v) is 14.8. The van der Waals surface area contributed by atoms with Crippen molar-refractivity contribution in [3.63, 3.8) is 0 Å². The highest BCUT2D eigenvalue weighted by Gasteiger charge is 2.39. The number of furan rings is 1. The Morgan fingerprint density at radius 1 is 1.22 bits per heavy atom. The van der Waals surface area contributed by atoms with Crippen molar-refractivity contribution in [2.24, 2.45) is 0 Å². The Hall–Kier alpha value is -1.58. The van der Waals surface area contributed by atoms with Crippen LogP contribution in [0.1, 0.15) is 31.1 Å². The molecule has 0 N–H and O–H groups in total. The van der Waals surface area contributed by atoms with Crippen LogP contribution in [0.2, 0.25) is 5.02 Å². The van der Waals surface area contributed by atoms with Crippen LogP contribution in [-0.2, 0) is 16.6 Å². The van der Waals surface area contributed by atoms with Gasteiger partial charge >= 0.3 is 0 Å². The number of carbonyl (C=O) groups excluding carboxylic acids is 1. The van der Waals surface area contributed by atoms with Crippen LogP contribution in [0.5, 0.6) is 0 Å². The lowest BCUT2D eigenvalue weighted by Crippen LogP contribution is -2.40. The molecule has 0 saturated heterocycles. The molecule has 2 aromatic rings. The zero-order valence-electron chi connectivity index (χ0n) is 14.0. The van der Waals surface area contributed by atoms with Gasteiger partial charge in [-0.05, 0) is 56.9 Å². The Labute approximate surface area is 143 Å². The van der Waals surface area contributed by atoms with Gasteiger partial charge in [-0.2, -0.15) is 0 Å². The number of Topliss-reactive ketones (excluding diaryl/α,β-unsaturated/α-hetero) is 1. The van der Waals surface area contributed by atoms with Gasteiger partial charge in [-0.1, -0.05) is 30.7 Å². The molecule has 0 radical (unpaired) electrons. The average Bonchev–Trinajstić information content (AvgIpc) is 3.04. The van der Waals surface area contributed by atoms with Crippen LogP contribution in [0.15, 0.2) is 47.1 Å². The Kier molecular flexibility index (Phi) is 6.03. The minimum atomic E-state index is -0.582. The van der Waals surface area contributed by atoms with E-state index in [1.165, 1.54) is 0 Å². The van der Waals surface area contributed by atoms with E-state index in [-0.39, 0.29) is 5.78 Å². The highest BCUT2D eigenvalue weighted by atomic mass is 35.5. The molecule has 23 heavy (non-hydrogen) atoms. The van der Waals surface area contributed by atoms with Gasteiger partial charge in [0.05, 0.1) is 11.7 Å². The molecule has 1 aromatic carbocycles. The summed E-state index contributed by atoms with van der Waals surface area (Å²) in [6.07, 6.45) is 3.47. The largest absolute Gasteiger partial charge is 0.469 e. The molecule has 3 nitrogen and oxygen atoms in total. The standard InChI is InChI=1S/C19H24ClNO2/c1-4-18(22)19(11-12-21(2)3,14-17-6-5-13-23-17)15-7-9-16(20)10-8-15/h5-10,13H,4,11-12,14H2,1-3H3. The third-order valence-electron chi connectivity index (χ3n) is 4.29. The van der Waals surface area contributed by atoms with Gasteiger partial charge in [0.2, 0.25) is 0 Å². The Morgan fingerprint density at radius 3 is 2.43 bits per heavy atom. The number of ketones is 1. The maximum Gasteiger partial charge on any atom is 0.143 e. The summed E-state index contributed by atoms with van der Waals surface area (Å²) < 4.78 is 5.54. The van der Waals surface area contributed by atoms with E-state index >= 15 is 0 Å². The van der Waals surface area contributed by atoms with Crippen LogP contribution < -0.4 is 0 Å². The summed E-state index contributed by atoms with van der Waals surface area (Å²) in [5, 5.41) is 0.678. The fourth-order valence-electron chi connectivity index (χ4n) is 2.97. The first kappa shape index (κ1) is 17.8. The van der Waals surface area contributed by atoms with Crippen molar-refractivity contribution in [1.82, 2.24) is 4.90 Å². The van der Waals surface area contributed by atoms with Crippen molar-refractivity contribution >= 4 is 17.4 Å². The predicted octanol–water partition coefficient (Wildman–Crippen LogP) is 4.34. The molecule has 2 rings (SSSR count). The molecule has 0 amide bonds. The van der Waals surface area contributed by atoms with Crippen LogP contribution in [0.25, 0.3) is 0 Å². The smallest absolute Gasteiger partial charge is 0.143 e. The van der Waals surface area contributed by atoms with E-state index < -0.39 is 5.41 Å². The highest BCUT2D eigenvalue weighted by molar-refractivity contribution is 6.30. The average molecular weight is 334 g/mol. The van der Waals surface area contributed by atoms with Crippen LogP contribution in [-0.4, -0.2) is 31.3 Å². The van der Waals surface area contributed by atoms with Crippen molar-refractivity contribution in [1.29, 1.82) is 0 Å². The second-order valence-electron chi connectivity index (χ2n) is 6.18. The molecule has 4 heteroatoms. The van der Waals surface area contributed by atoms with Crippen LogP contribution >= 0.6 is 11.6 Å². The molecule has 124 valence electrons. The van der Waals surface area contributed by atoms with E-state index in [0.29, 0.717) is 17.9 Å². The summed E-state index contributed by atoms with van der Waals surface area (Å²) in [7, 11) is 4.05. The van der Waals surface area contributed by atoms with E-state index in [4.69, 9.17) is 16.0 Å². The zero-order chi connectivity index (χ0) is 16.9. The Morgan fingerprint density at radius 2 is 1.91 bits per heavy atom. The van der Waals surface area contributed by atoms with Crippen LogP contribution in [0.4, 0.5) is 0 Å². The van der Waals surface area contributed by atoms with Gasteiger partial charge in [0.25, 0.3) is 0 Å². The summed E-state index contributed by atoms with van der Waals surface area (Å²) in [5.41, 5.74) is 0.425. The van der Waals surface area contributed by atoms with Crippen molar-refractivity contribution in [2.45, 2.75) is 31.6 Å². The third kappa shape index (κ3) is 4.24. The normalized spacial score (nSPS) is 14.0. The molecule has 0 fully saturated rings. The van der Waals surface area contributed by atoms with Gasteiger partial charge in [0, 0.05) is 17.9 Å². The second kappa shape index (κ2) is 7.80. The molecule has 0 aliphatic carbocycles. The molecule has 0 spiro atoms. The van der Waals surface area contributed by atoms with Gasteiger partial charge < -0.3 is 9.32 Å². The molecule has 1 unspecified atom stereocenters. The monoisotopic (exact) mass is 333 g/mol. The van der Waals surface area contributed by atoms with E-state index in [0.717, 1.165) is 24.3 Å². The first-order valence-corrected chi connectivity index (χ1v) is 8.32. The molecular formula is C19H24ClNO2. The van der Waals surface area contributed by atoms with E-state index in [1.54, 1.807) is 6.26 Å². The number of hydrogen-bond acceptors (Lipinski definition) is 3. The van der Waals surface area contributed by atoms with E-state index in [9.17, 15) is 4.79 Å². The summed E-state index contributed by atoms with van der Waals surface area (Å²) in [6.45, 7) is 2.75. The van der Waals surface area contributed by atoms with Gasteiger partial charge in [0.15, 0.2) is 0 Å². The number of hydrogen-bond donors (Lipinski definition) is 0. The van der Waals surface area contributed by atoms with Crippen LogP contribution in [0, 0.1) is 0 Å². The third-order valence-corrected chi connectivity index (χ3v) is 4.55. The SMILES string of the molecule is CCC(=O)C(CCN(C)C)(Cc1ccco1)c1ccc(Cl)cc1. The summed E-state index contributed by atoms with van der Waals surface area (Å²) in [5.74, 6) is 1.07. The number of halogens is 1. The molecule has 0 aliphatic heterocycles. The van der Waals surface area contributed by atoms with Gasteiger partial charge in [0.1, 0.15) is 11.5 Å². The minimum absolute atomic E-state index is 0.234. The lowest BCUT2D eigenvalue weighted by atomic mass is 9.70. The summed E-state index contributed by atoms with van der Waals surface area (Å²) in [6, 6.07) is 11.4. The quantitative estimate of drug-likeness (QED) is 0.720. The summed E-state index contributed by atoms with van der Waals surface area (Å²) in [4.78, 5) is 15.1. The molecule has 1 atom stereocenters. The summed E-state index contributed by atoms with van der Waals surface area (Å²) >= 11 is 6.03. The molecule has 1 aromatic heterocycles. The first-order chi connectivity index (χ1) is 11.0. The van der Waals surface area contributed by atoms with Gasteiger partial charge in [-0.3, -0.25) is 4.79 Å². The Balaban J connectivity index is 2.47. The second-order valence-corrected chi connectivity index (χ2v) is 6.61. The van der Waals surface area contributed by atoms with Crippen LogP contribution in [0.3, 0.4) is 0 Å². The fraction of sp³-hybridized carbons (Fsp3) is 0.421. The highest BCUT2D eigenvalue weighted by Crippen LogP contribution is 2.35. The molecule has 1 heterocycles. The molecular weight excluding hydrogens is 310 g/mol. The molecule has 0 aliphatic rings. The molecule has 0 bridgehead atoms. The van der Waals surface area contributed by atoms with E-state index in [1.807, 2.05) is 57.4 Å². The number of carbonyl (C=O) groups is 1. The first-order valence-electron chi connectivity index (χ1n) is 7.94.